The second-order valence-corrected chi connectivity index (χ2v) is 5.70. The first kappa shape index (κ1) is 17.5. The van der Waals surface area contributed by atoms with E-state index in [1.54, 1.807) is 6.92 Å². The molecule has 6 heteroatoms. The van der Waals surface area contributed by atoms with Crippen LogP contribution < -0.4 is 10.1 Å². The third-order valence-electron chi connectivity index (χ3n) is 2.95. The van der Waals surface area contributed by atoms with Crippen LogP contribution in [-0.4, -0.2) is 30.1 Å². The molecule has 21 heavy (non-hydrogen) atoms. The Kier molecular flexibility index (Phi) is 7.82. The molecule has 116 valence electrons. The Morgan fingerprint density at radius 1 is 1.33 bits per heavy atom. The maximum atomic E-state index is 11.5. The number of halogens is 1. The van der Waals surface area contributed by atoms with Crippen molar-refractivity contribution in [1.82, 2.24) is 5.32 Å². The summed E-state index contributed by atoms with van der Waals surface area (Å²) in [6.07, 6.45) is 1.44. The third kappa shape index (κ3) is 7.70. The Hall–Kier alpha value is -1.56. The number of nitrogens with one attached hydrogen (secondary N) is 1. The van der Waals surface area contributed by atoms with Crippen LogP contribution in [0.15, 0.2) is 28.7 Å². The molecule has 0 aromatic heterocycles. The van der Waals surface area contributed by atoms with E-state index in [4.69, 9.17) is 9.84 Å². The zero-order chi connectivity index (χ0) is 15.7. The predicted octanol–water partition coefficient (Wildman–Crippen LogP) is 2.84. The van der Waals surface area contributed by atoms with Gasteiger partial charge in [0.15, 0.2) is 0 Å². The fourth-order valence-corrected chi connectivity index (χ4v) is 1.86. The van der Waals surface area contributed by atoms with Crippen LogP contribution in [0.2, 0.25) is 0 Å². The zero-order valence-corrected chi connectivity index (χ0v) is 13.6. The number of benzene rings is 1. The SMILES string of the molecule is CC(CCNC(=O)CCCOc1ccc(Br)cc1)C(=O)O. The lowest BCUT2D eigenvalue weighted by molar-refractivity contribution is -0.141. The fraction of sp³-hybridized carbons (Fsp3) is 0.467. The lowest BCUT2D eigenvalue weighted by Gasteiger charge is -2.08. The van der Waals surface area contributed by atoms with Gasteiger partial charge in [-0.2, -0.15) is 0 Å². The number of amides is 1. The second kappa shape index (κ2) is 9.39. The lowest BCUT2D eigenvalue weighted by atomic mass is 10.1. The minimum Gasteiger partial charge on any atom is -0.494 e. The minimum absolute atomic E-state index is 0.0769. The molecule has 0 saturated heterocycles. The average Bonchev–Trinajstić information content (AvgIpc) is 2.45. The maximum Gasteiger partial charge on any atom is 0.306 e. The van der Waals surface area contributed by atoms with Crippen molar-refractivity contribution in [3.8, 4) is 5.75 Å². The predicted molar refractivity (Wildman–Crippen MR) is 83.3 cm³/mol. The number of rotatable bonds is 9. The summed E-state index contributed by atoms with van der Waals surface area (Å²) < 4.78 is 6.50. The first-order valence-corrected chi connectivity index (χ1v) is 7.66. The van der Waals surface area contributed by atoms with Crippen molar-refractivity contribution in [2.45, 2.75) is 26.2 Å². The van der Waals surface area contributed by atoms with Gasteiger partial charge in [-0.1, -0.05) is 22.9 Å². The van der Waals surface area contributed by atoms with Crippen molar-refractivity contribution in [1.29, 1.82) is 0 Å². The molecule has 0 radical (unpaired) electrons. The van der Waals surface area contributed by atoms with E-state index in [0.717, 1.165) is 10.2 Å². The van der Waals surface area contributed by atoms with Crippen molar-refractivity contribution in [2.24, 2.45) is 5.92 Å². The topological polar surface area (TPSA) is 75.6 Å². The molecule has 0 aliphatic rings. The largest absolute Gasteiger partial charge is 0.494 e. The Morgan fingerprint density at radius 2 is 2.00 bits per heavy atom. The normalized spacial score (nSPS) is 11.7. The van der Waals surface area contributed by atoms with E-state index in [0.29, 0.717) is 32.4 Å². The summed E-state index contributed by atoms with van der Waals surface area (Å²) in [5.41, 5.74) is 0. The molecule has 2 N–H and O–H groups in total. The van der Waals surface area contributed by atoms with Crippen LogP contribution in [0.25, 0.3) is 0 Å². The van der Waals surface area contributed by atoms with Gasteiger partial charge < -0.3 is 15.2 Å². The average molecular weight is 358 g/mol. The van der Waals surface area contributed by atoms with Gasteiger partial charge in [0.1, 0.15) is 5.75 Å². The van der Waals surface area contributed by atoms with Crippen LogP contribution in [0, 0.1) is 5.92 Å². The van der Waals surface area contributed by atoms with Crippen molar-refractivity contribution < 1.29 is 19.4 Å². The Balaban J connectivity index is 2.08. The Bertz CT molecular complexity index is 461. The zero-order valence-electron chi connectivity index (χ0n) is 12.0. The number of carbonyl (C=O) groups is 2. The van der Waals surface area contributed by atoms with Gasteiger partial charge in [-0.25, -0.2) is 0 Å². The van der Waals surface area contributed by atoms with Crippen LogP contribution in [-0.2, 0) is 9.59 Å². The van der Waals surface area contributed by atoms with Crippen molar-refractivity contribution in [2.75, 3.05) is 13.2 Å². The van der Waals surface area contributed by atoms with Gasteiger partial charge in [-0.15, -0.1) is 0 Å². The Morgan fingerprint density at radius 3 is 2.62 bits per heavy atom. The second-order valence-electron chi connectivity index (χ2n) is 4.78. The van der Waals surface area contributed by atoms with Crippen molar-refractivity contribution >= 4 is 27.8 Å². The number of ether oxygens (including phenoxy) is 1. The monoisotopic (exact) mass is 357 g/mol. The van der Waals surface area contributed by atoms with Gasteiger partial charge in [0.25, 0.3) is 0 Å². The van der Waals surface area contributed by atoms with Crippen molar-refractivity contribution in [3.63, 3.8) is 0 Å². The minimum atomic E-state index is -0.841. The summed E-state index contributed by atoms with van der Waals surface area (Å²) in [7, 11) is 0. The smallest absolute Gasteiger partial charge is 0.306 e. The van der Waals surface area contributed by atoms with E-state index in [2.05, 4.69) is 21.2 Å². The van der Waals surface area contributed by atoms with E-state index in [1.807, 2.05) is 24.3 Å². The summed E-state index contributed by atoms with van der Waals surface area (Å²) in [5.74, 6) is -0.584. The molecule has 1 aromatic rings. The molecule has 1 unspecified atom stereocenters. The fourth-order valence-electron chi connectivity index (χ4n) is 1.59. The number of carboxylic acid groups (broad SMARTS) is 1. The molecule has 0 aliphatic carbocycles. The number of aliphatic carboxylic acids is 1. The summed E-state index contributed by atoms with van der Waals surface area (Å²) in [5, 5.41) is 11.4. The molecule has 0 saturated carbocycles. The first-order chi connectivity index (χ1) is 9.99. The molecule has 5 nitrogen and oxygen atoms in total. The molecule has 0 aliphatic heterocycles. The van der Waals surface area contributed by atoms with E-state index >= 15 is 0 Å². The van der Waals surface area contributed by atoms with Gasteiger partial charge in [0.05, 0.1) is 12.5 Å². The Labute approximate surface area is 132 Å². The van der Waals surface area contributed by atoms with Gasteiger partial charge in [0.2, 0.25) is 5.91 Å². The number of carboxylic acids is 1. The van der Waals surface area contributed by atoms with Gasteiger partial charge in [-0.05, 0) is 37.1 Å². The molecular formula is C15H20BrNO4. The molecule has 1 aromatic carbocycles. The van der Waals surface area contributed by atoms with Crippen LogP contribution in [0.5, 0.6) is 5.75 Å². The van der Waals surface area contributed by atoms with E-state index in [-0.39, 0.29) is 5.91 Å². The van der Waals surface area contributed by atoms with E-state index in [1.165, 1.54) is 0 Å². The standard InChI is InChI=1S/C15H20BrNO4/c1-11(15(19)20)8-9-17-14(18)3-2-10-21-13-6-4-12(16)5-7-13/h4-7,11H,2-3,8-10H2,1H3,(H,17,18)(H,19,20). The first-order valence-electron chi connectivity index (χ1n) is 6.87. The highest BCUT2D eigenvalue weighted by Crippen LogP contribution is 2.16. The summed E-state index contributed by atoms with van der Waals surface area (Å²) >= 11 is 3.34. The molecule has 0 fully saturated rings. The summed E-state index contributed by atoms with van der Waals surface area (Å²) in [6, 6.07) is 7.51. The van der Waals surface area contributed by atoms with Crippen LogP contribution in [0.4, 0.5) is 0 Å². The highest BCUT2D eigenvalue weighted by Gasteiger charge is 2.10. The number of hydrogen-bond acceptors (Lipinski definition) is 3. The maximum absolute atomic E-state index is 11.5. The van der Waals surface area contributed by atoms with Gasteiger partial charge >= 0.3 is 5.97 Å². The molecule has 1 amide bonds. The highest BCUT2D eigenvalue weighted by molar-refractivity contribution is 9.10. The molecule has 0 spiro atoms. The summed E-state index contributed by atoms with van der Waals surface area (Å²) in [6.45, 7) is 2.49. The van der Waals surface area contributed by atoms with Gasteiger partial charge in [0, 0.05) is 17.4 Å². The highest BCUT2D eigenvalue weighted by atomic mass is 79.9. The number of hydrogen-bond donors (Lipinski definition) is 2. The molecule has 0 bridgehead atoms. The van der Waals surface area contributed by atoms with Crippen LogP contribution >= 0.6 is 15.9 Å². The number of carbonyl (C=O) groups excluding carboxylic acids is 1. The summed E-state index contributed by atoms with van der Waals surface area (Å²) in [4.78, 5) is 22.1. The third-order valence-corrected chi connectivity index (χ3v) is 3.48. The van der Waals surface area contributed by atoms with Crippen molar-refractivity contribution in [3.05, 3.63) is 28.7 Å². The lowest BCUT2D eigenvalue weighted by Crippen LogP contribution is -2.27. The van der Waals surface area contributed by atoms with Gasteiger partial charge in [-0.3, -0.25) is 9.59 Å². The molecule has 0 heterocycles. The molecule has 1 rings (SSSR count). The van der Waals surface area contributed by atoms with E-state index in [9.17, 15) is 9.59 Å². The van der Waals surface area contributed by atoms with Crippen LogP contribution in [0.1, 0.15) is 26.2 Å². The molecule has 1 atom stereocenters. The quantitative estimate of drug-likeness (QED) is 0.666. The van der Waals surface area contributed by atoms with Crippen LogP contribution in [0.3, 0.4) is 0 Å². The van der Waals surface area contributed by atoms with E-state index < -0.39 is 11.9 Å². The molecular weight excluding hydrogens is 338 g/mol.